The molecule has 1 aromatic heterocycles. The number of fused-ring (bicyclic) bond motifs is 1. The third-order valence-electron chi connectivity index (χ3n) is 7.28. The van der Waals surface area contributed by atoms with Gasteiger partial charge in [0.1, 0.15) is 17.3 Å². The maximum absolute atomic E-state index is 13.8. The fraction of sp³-hybridized carbons (Fsp3) is 0.583. The van der Waals surface area contributed by atoms with Crippen LogP contribution in [0.15, 0.2) is 24.3 Å². The number of likely N-dealkylation sites (tertiary alicyclic amines) is 1. The van der Waals surface area contributed by atoms with Crippen LogP contribution in [0, 0.1) is 23.6 Å². The highest BCUT2D eigenvalue weighted by atomic mass is 35.5. The predicted molar refractivity (Wildman–Crippen MR) is 121 cm³/mol. The SMILES string of the molecule is Fc1ccc(Cl)c(-c2nnc(N[C@@H]3C[C@@H]4CN(CC5CCOCC5)C[C@@H]4C3)cc2C(F)F)c1. The number of alkyl halides is 2. The van der Waals surface area contributed by atoms with E-state index in [4.69, 9.17) is 16.3 Å². The fourth-order valence-corrected chi connectivity index (χ4v) is 5.91. The Morgan fingerprint density at radius 2 is 1.82 bits per heavy atom. The minimum Gasteiger partial charge on any atom is -0.381 e. The summed E-state index contributed by atoms with van der Waals surface area (Å²) in [6, 6.07) is 5.13. The Bertz CT molecular complexity index is 974. The average Bonchev–Trinajstić information content (AvgIpc) is 3.34. The van der Waals surface area contributed by atoms with Crippen LogP contribution in [0.25, 0.3) is 11.3 Å². The molecule has 2 aliphatic heterocycles. The van der Waals surface area contributed by atoms with Crippen LogP contribution in [-0.2, 0) is 4.74 Å². The first-order valence-electron chi connectivity index (χ1n) is 11.6. The minimum atomic E-state index is -2.78. The summed E-state index contributed by atoms with van der Waals surface area (Å²) in [5.74, 6) is 1.73. The molecule has 5 rings (SSSR count). The van der Waals surface area contributed by atoms with Gasteiger partial charge in [0.15, 0.2) is 0 Å². The number of rotatable bonds is 6. The van der Waals surface area contributed by atoms with E-state index in [9.17, 15) is 13.2 Å². The molecule has 178 valence electrons. The quantitative estimate of drug-likeness (QED) is 0.598. The van der Waals surface area contributed by atoms with Gasteiger partial charge in [0.2, 0.25) is 0 Å². The van der Waals surface area contributed by atoms with Crippen molar-refractivity contribution in [2.45, 2.75) is 38.2 Å². The minimum absolute atomic E-state index is 0.0907. The average molecular weight is 481 g/mol. The van der Waals surface area contributed by atoms with Crippen molar-refractivity contribution in [3.63, 3.8) is 0 Å². The van der Waals surface area contributed by atoms with Crippen LogP contribution in [0.1, 0.15) is 37.7 Å². The second-order valence-electron chi connectivity index (χ2n) is 9.57. The summed E-state index contributed by atoms with van der Waals surface area (Å²) in [7, 11) is 0. The van der Waals surface area contributed by atoms with Crippen molar-refractivity contribution in [3.8, 4) is 11.3 Å². The summed E-state index contributed by atoms with van der Waals surface area (Å²) in [6.07, 6.45) is 1.52. The molecule has 3 heterocycles. The molecule has 1 N–H and O–H groups in total. The molecular weight excluding hydrogens is 453 g/mol. The van der Waals surface area contributed by atoms with E-state index in [-0.39, 0.29) is 27.9 Å². The van der Waals surface area contributed by atoms with Crippen molar-refractivity contribution in [3.05, 3.63) is 40.7 Å². The van der Waals surface area contributed by atoms with Crippen LogP contribution in [0.4, 0.5) is 19.0 Å². The molecule has 0 spiro atoms. The first-order chi connectivity index (χ1) is 16.0. The van der Waals surface area contributed by atoms with Gasteiger partial charge in [-0.1, -0.05) is 11.6 Å². The van der Waals surface area contributed by atoms with E-state index < -0.39 is 12.2 Å². The lowest BCUT2D eigenvalue weighted by molar-refractivity contribution is 0.0545. The van der Waals surface area contributed by atoms with E-state index in [1.54, 1.807) is 0 Å². The zero-order valence-electron chi connectivity index (χ0n) is 18.3. The van der Waals surface area contributed by atoms with Crippen LogP contribution >= 0.6 is 11.6 Å². The smallest absolute Gasteiger partial charge is 0.266 e. The first kappa shape index (κ1) is 22.9. The van der Waals surface area contributed by atoms with Crippen molar-refractivity contribution in [1.82, 2.24) is 15.1 Å². The Morgan fingerprint density at radius 1 is 1.09 bits per heavy atom. The number of nitrogens with zero attached hydrogens (tertiary/aromatic N) is 3. The molecule has 3 atom stereocenters. The van der Waals surface area contributed by atoms with Gasteiger partial charge >= 0.3 is 0 Å². The molecule has 3 fully saturated rings. The zero-order chi connectivity index (χ0) is 22.9. The first-order valence-corrected chi connectivity index (χ1v) is 12.0. The highest BCUT2D eigenvalue weighted by molar-refractivity contribution is 6.33. The summed E-state index contributed by atoms with van der Waals surface area (Å²) in [4.78, 5) is 2.59. The molecule has 5 nitrogen and oxygen atoms in total. The van der Waals surface area contributed by atoms with E-state index in [1.165, 1.54) is 18.2 Å². The zero-order valence-corrected chi connectivity index (χ0v) is 19.1. The number of ether oxygens (including phenoxy) is 1. The van der Waals surface area contributed by atoms with E-state index in [0.29, 0.717) is 17.7 Å². The molecule has 1 aromatic carbocycles. The van der Waals surface area contributed by atoms with E-state index >= 15 is 0 Å². The molecule has 1 saturated carbocycles. The van der Waals surface area contributed by atoms with Crippen LogP contribution < -0.4 is 5.32 Å². The molecule has 2 saturated heterocycles. The second kappa shape index (κ2) is 9.76. The Morgan fingerprint density at radius 3 is 2.52 bits per heavy atom. The normalized spacial score (nSPS) is 26.2. The second-order valence-corrected chi connectivity index (χ2v) is 9.97. The maximum atomic E-state index is 13.8. The monoisotopic (exact) mass is 480 g/mol. The Hall–Kier alpha value is -1.90. The van der Waals surface area contributed by atoms with Gasteiger partial charge in [0, 0.05) is 50.0 Å². The Labute approximate surface area is 196 Å². The van der Waals surface area contributed by atoms with E-state index in [2.05, 4.69) is 20.4 Å². The molecule has 1 aliphatic carbocycles. The Kier molecular flexibility index (Phi) is 6.77. The molecule has 3 aliphatic rings. The lowest BCUT2D eigenvalue weighted by Gasteiger charge is -2.27. The summed E-state index contributed by atoms with van der Waals surface area (Å²) < 4.78 is 46.8. The highest BCUT2D eigenvalue weighted by Gasteiger charge is 2.41. The lowest BCUT2D eigenvalue weighted by Crippen LogP contribution is -2.32. The number of nitrogens with one attached hydrogen (secondary N) is 1. The van der Waals surface area contributed by atoms with Gasteiger partial charge in [-0.15, -0.1) is 10.2 Å². The van der Waals surface area contributed by atoms with Crippen LogP contribution in [0.3, 0.4) is 0 Å². The van der Waals surface area contributed by atoms with Crippen molar-refractivity contribution < 1.29 is 17.9 Å². The summed E-state index contributed by atoms with van der Waals surface area (Å²) in [6.45, 7) is 5.12. The molecule has 9 heteroatoms. The van der Waals surface area contributed by atoms with Crippen molar-refractivity contribution in [2.24, 2.45) is 17.8 Å². The molecule has 0 radical (unpaired) electrons. The largest absolute Gasteiger partial charge is 0.381 e. The van der Waals surface area contributed by atoms with Gasteiger partial charge in [0.05, 0.1) is 5.02 Å². The third-order valence-corrected chi connectivity index (χ3v) is 7.61. The molecule has 0 bridgehead atoms. The van der Waals surface area contributed by atoms with E-state index in [0.717, 1.165) is 70.5 Å². The van der Waals surface area contributed by atoms with Crippen molar-refractivity contribution in [2.75, 3.05) is 38.2 Å². The van der Waals surface area contributed by atoms with Crippen LogP contribution in [0.5, 0.6) is 0 Å². The van der Waals surface area contributed by atoms with Crippen LogP contribution in [0.2, 0.25) is 5.02 Å². The topological polar surface area (TPSA) is 50.3 Å². The standard InChI is InChI=1S/C24H28ClF3N4O/c25-21-2-1-17(26)9-19(21)23-20(24(27)28)10-22(30-31-23)29-18-7-15-12-32(13-16(15)8-18)11-14-3-5-33-6-4-14/h1-2,9-10,14-16,18,24H,3-8,11-13H2,(H,29,30)/t15-,16+,18-. The molecule has 33 heavy (non-hydrogen) atoms. The Balaban J connectivity index is 1.23. The summed E-state index contributed by atoms with van der Waals surface area (Å²) in [5.41, 5.74) is -0.279. The van der Waals surface area contributed by atoms with Crippen LogP contribution in [-0.4, -0.2) is 54.0 Å². The van der Waals surface area contributed by atoms with Gasteiger partial charge in [-0.25, -0.2) is 13.2 Å². The molecular formula is C24H28ClF3N4O. The van der Waals surface area contributed by atoms with Crippen molar-refractivity contribution in [1.29, 1.82) is 0 Å². The predicted octanol–water partition coefficient (Wildman–Crippen LogP) is 5.42. The molecule has 0 unspecified atom stereocenters. The van der Waals surface area contributed by atoms with Gasteiger partial charge in [-0.2, -0.15) is 0 Å². The third kappa shape index (κ3) is 5.12. The van der Waals surface area contributed by atoms with Gasteiger partial charge < -0.3 is 15.0 Å². The van der Waals surface area contributed by atoms with Gasteiger partial charge in [0.25, 0.3) is 6.43 Å². The van der Waals surface area contributed by atoms with E-state index in [1.807, 2.05) is 0 Å². The molecule has 2 aromatic rings. The lowest BCUT2D eigenvalue weighted by atomic mass is 10.00. The molecule has 0 amide bonds. The maximum Gasteiger partial charge on any atom is 0.266 e. The number of hydrogen-bond acceptors (Lipinski definition) is 5. The summed E-state index contributed by atoms with van der Waals surface area (Å²) in [5, 5.41) is 11.6. The number of halogens is 4. The number of aromatic nitrogens is 2. The highest BCUT2D eigenvalue weighted by Crippen LogP contribution is 2.40. The van der Waals surface area contributed by atoms with Crippen molar-refractivity contribution >= 4 is 17.4 Å². The number of benzene rings is 1. The number of anilines is 1. The number of hydrogen-bond donors (Lipinski definition) is 1. The van der Waals surface area contributed by atoms with Gasteiger partial charge in [-0.3, -0.25) is 0 Å². The summed E-state index contributed by atoms with van der Waals surface area (Å²) >= 11 is 6.11. The van der Waals surface area contributed by atoms with Gasteiger partial charge in [-0.05, 0) is 67.7 Å². The fourth-order valence-electron chi connectivity index (χ4n) is 5.70.